The second-order valence-corrected chi connectivity index (χ2v) is 6.57. The Bertz CT molecular complexity index is 799. The van der Waals surface area contributed by atoms with Crippen LogP contribution in [0.4, 0.5) is 0 Å². The van der Waals surface area contributed by atoms with Crippen LogP contribution in [0.25, 0.3) is 0 Å². The highest BCUT2D eigenvalue weighted by Gasteiger charge is 2.31. The summed E-state index contributed by atoms with van der Waals surface area (Å²) in [6, 6.07) is 12.1. The topological polar surface area (TPSA) is 38.8 Å². The SMILES string of the molecule is Cc1ccc([C@H]2CCCN2C(=O)c2ccc3c(c2)OCO3)cc1C. The van der Waals surface area contributed by atoms with E-state index in [1.807, 2.05) is 17.0 Å². The van der Waals surface area contributed by atoms with E-state index in [9.17, 15) is 4.79 Å². The van der Waals surface area contributed by atoms with E-state index in [0.29, 0.717) is 17.1 Å². The minimum Gasteiger partial charge on any atom is -0.454 e. The lowest BCUT2D eigenvalue weighted by Gasteiger charge is -2.26. The molecular weight excluding hydrogens is 302 g/mol. The second-order valence-electron chi connectivity index (χ2n) is 6.57. The van der Waals surface area contributed by atoms with Gasteiger partial charge in [0.05, 0.1) is 6.04 Å². The van der Waals surface area contributed by atoms with Gasteiger partial charge in [0, 0.05) is 12.1 Å². The van der Waals surface area contributed by atoms with Gasteiger partial charge < -0.3 is 14.4 Å². The van der Waals surface area contributed by atoms with Crippen molar-refractivity contribution in [2.45, 2.75) is 32.7 Å². The average Bonchev–Trinajstić information content (AvgIpc) is 3.24. The number of aryl methyl sites for hydroxylation is 2. The van der Waals surface area contributed by atoms with Gasteiger partial charge in [0.2, 0.25) is 6.79 Å². The molecule has 2 aliphatic rings. The van der Waals surface area contributed by atoms with Crippen molar-refractivity contribution in [1.82, 2.24) is 4.90 Å². The number of benzene rings is 2. The summed E-state index contributed by atoms with van der Waals surface area (Å²) in [5.74, 6) is 1.43. The molecule has 2 heterocycles. The summed E-state index contributed by atoms with van der Waals surface area (Å²) in [7, 11) is 0. The monoisotopic (exact) mass is 323 g/mol. The number of carbonyl (C=O) groups excluding carboxylic acids is 1. The van der Waals surface area contributed by atoms with Gasteiger partial charge in [-0.2, -0.15) is 0 Å². The van der Waals surface area contributed by atoms with Crippen molar-refractivity contribution in [1.29, 1.82) is 0 Å². The summed E-state index contributed by atoms with van der Waals surface area (Å²) in [5, 5.41) is 0. The van der Waals surface area contributed by atoms with Crippen molar-refractivity contribution in [3.63, 3.8) is 0 Å². The molecule has 0 bridgehead atoms. The maximum absolute atomic E-state index is 13.0. The Morgan fingerprint density at radius 1 is 1.04 bits per heavy atom. The molecule has 0 N–H and O–H groups in total. The molecule has 4 rings (SSSR count). The molecule has 1 saturated heterocycles. The molecule has 4 nitrogen and oxygen atoms in total. The smallest absolute Gasteiger partial charge is 0.254 e. The van der Waals surface area contributed by atoms with Gasteiger partial charge in [0.15, 0.2) is 11.5 Å². The van der Waals surface area contributed by atoms with Gasteiger partial charge in [0.1, 0.15) is 0 Å². The van der Waals surface area contributed by atoms with E-state index in [1.165, 1.54) is 16.7 Å². The van der Waals surface area contributed by atoms with Crippen LogP contribution in [0.15, 0.2) is 36.4 Å². The van der Waals surface area contributed by atoms with E-state index in [2.05, 4.69) is 32.0 Å². The van der Waals surface area contributed by atoms with Gasteiger partial charge in [-0.3, -0.25) is 4.79 Å². The van der Waals surface area contributed by atoms with Crippen molar-refractivity contribution in [3.05, 3.63) is 58.7 Å². The fourth-order valence-corrected chi connectivity index (χ4v) is 3.52. The fraction of sp³-hybridized carbons (Fsp3) is 0.350. The van der Waals surface area contributed by atoms with Gasteiger partial charge in [0.25, 0.3) is 5.91 Å². The number of nitrogens with zero attached hydrogens (tertiary/aromatic N) is 1. The maximum Gasteiger partial charge on any atom is 0.254 e. The largest absolute Gasteiger partial charge is 0.454 e. The first kappa shape index (κ1) is 15.1. The van der Waals surface area contributed by atoms with E-state index in [1.54, 1.807) is 6.07 Å². The van der Waals surface area contributed by atoms with Crippen molar-refractivity contribution in [2.75, 3.05) is 13.3 Å². The molecule has 24 heavy (non-hydrogen) atoms. The van der Waals surface area contributed by atoms with Gasteiger partial charge in [-0.15, -0.1) is 0 Å². The third-order valence-corrected chi connectivity index (χ3v) is 5.05. The zero-order chi connectivity index (χ0) is 16.7. The van der Waals surface area contributed by atoms with Crippen LogP contribution >= 0.6 is 0 Å². The zero-order valence-corrected chi connectivity index (χ0v) is 14.0. The van der Waals surface area contributed by atoms with Crippen LogP contribution < -0.4 is 9.47 Å². The highest BCUT2D eigenvalue weighted by atomic mass is 16.7. The Hall–Kier alpha value is -2.49. The normalized spacial score (nSPS) is 18.9. The van der Waals surface area contributed by atoms with Gasteiger partial charge >= 0.3 is 0 Å². The Balaban J connectivity index is 1.62. The average molecular weight is 323 g/mol. The minimum absolute atomic E-state index is 0.0639. The number of rotatable bonds is 2. The van der Waals surface area contributed by atoms with Crippen LogP contribution in [0.1, 0.15) is 45.9 Å². The van der Waals surface area contributed by atoms with E-state index in [0.717, 1.165) is 19.4 Å². The molecule has 1 atom stereocenters. The molecule has 0 radical (unpaired) electrons. The summed E-state index contributed by atoms with van der Waals surface area (Å²) < 4.78 is 10.7. The zero-order valence-electron chi connectivity index (χ0n) is 14.0. The highest BCUT2D eigenvalue weighted by molar-refractivity contribution is 5.95. The van der Waals surface area contributed by atoms with Crippen LogP contribution in [-0.4, -0.2) is 24.1 Å². The minimum atomic E-state index is 0.0639. The molecule has 2 aliphatic heterocycles. The number of ether oxygens (including phenoxy) is 2. The van der Waals surface area contributed by atoms with E-state index >= 15 is 0 Å². The quantitative estimate of drug-likeness (QED) is 0.838. The van der Waals surface area contributed by atoms with Crippen LogP contribution in [-0.2, 0) is 0 Å². The molecule has 1 amide bonds. The predicted octanol–water partition coefficient (Wildman–Crippen LogP) is 4.01. The maximum atomic E-state index is 13.0. The Labute approximate surface area is 142 Å². The van der Waals surface area contributed by atoms with Gasteiger partial charge in [-0.05, 0) is 61.6 Å². The third kappa shape index (κ3) is 2.52. The lowest BCUT2D eigenvalue weighted by atomic mass is 9.99. The molecule has 0 aliphatic carbocycles. The Morgan fingerprint density at radius 3 is 2.71 bits per heavy atom. The molecule has 2 aromatic carbocycles. The Morgan fingerprint density at radius 2 is 1.88 bits per heavy atom. The van der Waals surface area contributed by atoms with E-state index < -0.39 is 0 Å². The number of amides is 1. The molecule has 0 saturated carbocycles. The van der Waals surface area contributed by atoms with Crippen LogP contribution in [0.3, 0.4) is 0 Å². The number of fused-ring (bicyclic) bond motifs is 1. The van der Waals surface area contributed by atoms with Crippen molar-refractivity contribution in [2.24, 2.45) is 0 Å². The van der Waals surface area contributed by atoms with Crippen LogP contribution in [0, 0.1) is 13.8 Å². The lowest BCUT2D eigenvalue weighted by molar-refractivity contribution is 0.0735. The summed E-state index contributed by atoms with van der Waals surface area (Å²) in [6.45, 7) is 5.26. The molecule has 124 valence electrons. The summed E-state index contributed by atoms with van der Waals surface area (Å²) in [6.07, 6.45) is 2.05. The van der Waals surface area contributed by atoms with Crippen LogP contribution in [0.5, 0.6) is 11.5 Å². The van der Waals surface area contributed by atoms with E-state index in [4.69, 9.17) is 9.47 Å². The molecule has 2 aromatic rings. The highest BCUT2D eigenvalue weighted by Crippen LogP contribution is 2.36. The molecule has 1 fully saturated rings. The summed E-state index contributed by atoms with van der Waals surface area (Å²) in [5.41, 5.74) is 4.44. The van der Waals surface area contributed by atoms with Crippen LogP contribution in [0.2, 0.25) is 0 Å². The number of carbonyl (C=O) groups is 1. The first-order chi connectivity index (χ1) is 11.6. The molecule has 4 heteroatoms. The lowest BCUT2D eigenvalue weighted by Crippen LogP contribution is -2.30. The summed E-state index contributed by atoms with van der Waals surface area (Å²) in [4.78, 5) is 15.0. The van der Waals surface area contributed by atoms with Gasteiger partial charge in [-0.1, -0.05) is 18.2 Å². The number of hydrogen-bond acceptors (Lipinski definition) is 3. The predicted molar refractivity (Wildman–Crippen MR) is 91.5 cm³/mol. The summed E-state index contributed by atoms with van der Waals surface area (Å²) >= 11 is 0. The molecule has 0 unspecified atom stereocenters. The molecule has 0 spiro atoms. The molecular formula is C20H21NO3. The first-order valence-corrected chi connectivity index (χ1v) is 8.41. The number of likely N-dealkylation sites (tertiary alicyclic amines) is 1. The standard InChI is InChI=1S/C20H21NO3/c1-13-5-6-15(10-14(13)2)17-4-3-9-21(17)20(22)16-7-8-18-19(11-16)24-12-23-18/h5-8,10-11,17H,3-4,9,12H2,1-2H3/t17-/m1/s1. The third-order valence-electron chi connectivity index (χ3n) is 5.05. The van der Waals surface area contributed by atoms with Crippen molar-refractivity contribution < 1.29 is 14.3 Å². The van der Waals surface area contributed by atoms with Crippen molar-refractivity contribution >= 4 is 5.91 Å². The second kappa shape index (κ2) is 5.86. The van der Waals surface area contributed by atoms with E-state index in [-0.39, 0.29) is 18.7 Å². The Kier molecular flexibility index (Phi) is 3.68. The van der Waals surface area contributed by atoms with Crippen molar-refractivity contribution in [3.8, 4) is 11.5 Å². The number of hydrogen-bond donors (Lipinski definition) is 0. The van der Waals surface area contributed by atoms with Gasteiger partial charge in [-0.25, -0.2) is 0 Å². The molecule has 0 aromatic heterocycles. The first-order valence-electron chi connectivity index (χ1n) is 8.41. The fourth-order valence-electron chi connectivity index (χ4n) is 3.52.